The van der Waals surface area contributed by atoms with Crippen molar-refractivity contribution >= 4 is 0 Å². The highest BCUT2D eigenvalue weighted by Gasteiger charge is 2.31. The van der Waals surface area contributed by atoms with E-state index in [0.29, 0.717) is 6.04 Å². The number of H-pyrrole nitrogens is 1. The lowest BCUT2D eigenvalue weighted by molar-refractivity contribution is -0.274. The molecule has 168 valence electrons. The molecule has 4 nitrogen and oxygen atoms in total. The van der Waals surface area contributed by atoms with Crippen LogP contribution in [-0.2, 0) is 13.0 Å². The maximum Gasteiger partial charge on any atom is 0.573 e. The molecule has 0 radical (unpaired) electrons. The smallest absolute Gasteiger partial charge is 0.406 e. The van der Waals surface area contributed by atoms with Gasteiger partial charge in [0.05, 0.1) is 11.4 Å². The summed E-state index contributed by atoms with van der Waals surface area (Å²) in [6.45, 7) is 3.20. The second-order valence-corrected chi connectivity index (χ2v) is 9.00. The van der Waals surface area contributed by atoms with Gasteiger partial charge in [-0.2, -0.15) is 5.10 Å². The Hall–Kier alpha value is -2.80. The van der Waals surface area contributed by atoms with Gasteiger partial charge in [0.1, 0.15) is 5.75 Å². The molecule has 2 aliphatic carbocycles. The SMILES string of the molecule is CC1CCC(NCc2ccc3c(c2)Cc2c(-c4ccc(OC(F)(F)F)cc4)n[nH]c2-3)CC1. The summed E-state index contributed by atoms with van der Waals surface area (Å²) in [5.41, 5.74) is 7.27. The predicted molar refractivity (Wildman–Crippen MR) is 117 cm³/mol. The molecule has 1 fully saturated rings. The van der Waals surface area contributed by atoms with E-state index in [1.807, 2.05) is 0 Å². The summed E-state index contributed by atoms with van der Waals surface area (Å²) in [4.78, 5) is 0. The minimum absolute atomic E-state index is 0.235. The molecule has 5 rings (SSSR count). The van der Waals surface area contributed by atoms with Gasteiger partial charge in [0.2, 0.25) is 0 Å². The van der Waals surface area contributed by atoms with Crippen LogP contribution in [0.5, 0.6) is 5.75 Å². The van der Waals surface area contributed by atoms with Crippen LogP contribution in [0.15, 0.2) is 42.5 Å². The number of rotatable bonds is 5. The van der Waals surface area contributed by atoms with E-state index in [4.69, 9.17) is 0 Å². The first-order chi connectivity index (χ1) is 15.4. The number of halogens is 3. The van der Waals surface area contributed by atoms with E-state index in [1.165, 1.54) is 48.9 Å². The van der Waals surface area contributed by atoms with E-state index in [9.17, 15) is 13.2 Å². The fourth-order valence-corrected chi connectivity index (χ4v) is 4.88. The number of fused-ring (bicyclic) bond motifs is 3. The van der Waals surface area contributed by atoms with Crippen molar-refractivity contribution in [3.63, 3.8) is 0 Å². The third-order valence-corrected chi connectivity index (χ3v) is 6.65. The molecule has 2 aromatic carbocycles. The lowest BCUT2D eigenvalue weighted by Crippen LogP contribution is -2.32. The third kappa shape index (κ3) is 4.39. The number of hydrogen-bond acceptors (Lipinski definition) is 3. The molecule has 1 heterocycles. The molecule has 0 amide bonds. The molecule has 2 aliphatic rings. The molecule has 2 N–H and O–H groups in total. The standard InChI is InChI=1S/C25H26F3N3O/c1-15-2-7-19(8-3-15)29-14-16-4-11-21-18(12-16)13-22-23(30-31-24(21)22)17-5-9-20(10-6-17)32-25(26,27)28/h4-6,9-12,15,19,29H,2-3,7-8,13-14H2,1H3,(H,30,31). The van der Waals surface area contributed by atoms with Crippen LogP contribution in [0.3, 0.4) is 0 Å². The number of hydrogen-bond donors (Lipinski definition) is 2. The predicted octanol–water partition coefficient (Wildman–Crippen LogP) is 6.21. The lowest BCUT2D eigenvalue weighted by atomic mass is 9.87. The minimum atomic E-state index is -4.70. The van der Waals surface area contributed by atoms with Crippen LogP contribution in [0.25, 0.3) is 22.5 Å². The van der Waals surface area contributed by atoms with Gasteiger partial charge in [-0.1, -0.05) is 25.1 Å². The van der Waals surface area contributed by atoms with E-state index in [-0.39, 0.29) is 5.75 Å². The van der Waals surface area contributed by atoms with Crippen LogP contribution in [0.4, 0.5) is 13.2 Å². The second kappa shape index (κ2) is 8.28. The molecule has 1 saturated carbocycles. The van der Waals surface area contributed by atoms with Crippen LogP contribution in [0.2, 0.25) is 0 Å². The summed E-state index contributed by atoms with van der Waals surface area (Å²) in [7, 11) is 0. The molecule has 0 aliphatic heterocycles. The Morgan fingerprint density at radius 1 is 1.06 bits per heavy atom. The zero-order valence-corrected chi connectivity index (χ0v) is 17.9. The number of aromatic amines is 1. The molecule has 0 atom stereocenters. The Morgan fingerprint density at radius 3 is 2.53 bits per heavy atom. The van der Waals surface area contributed by atoms with Crippen LogP contribution in [0.1, 0.15) is 49.3 Å². The van der Waals surface area contributed by atoms with Crippen molar-refractivity contribution in [2.75, 3.05) is 0 Å². The molecule has 0 spiro atoms. The van der Waals surface area contributed by atoms with Gasteiger partial charge in [-0.05, 0) is 67.0 Å². The highest BCUT2D eigenvalue weighted by atomic mass is 19.4. The van der Waals surface area contributed by atoms with Gasteiger partial charge >= 0.3 is 6.36 Å². The molecule has 3 aromatic rings. The van der Waals surface area contributed by atoms with E-state index in [0.717, 1.165) is 47.0 Å². The average Bonchev–Trinajstić information content (AvgIpc) is 3.32. The molecule has 0 saturated heterocycles. The first kappa shape index (κ1) is 21.1. The van der Waals surface area contributed by atoms with E-state index < -0.39 is 6.36 Å². The van der Waals surface area contributed by atoms with Gasteiger partial charge in [0.15, 0.2) is 0 Å². The van der Waals surface area contributed by atoms with Gasteiger partial charge in [0, 0.05) is 35.7 Å². The van der Waals surface area contributed by atoms with Crippen molar-refractivity contribution in [3.8, 4) is 28.3 Å². The molecule has 0 bridgehead atoms. The monoisotopic (exact) mass is 441 g/mol. The molecular formula is C25H26F3N3O. The summed E-state index contributed by atoms with van der Waals surface area (Å²) in [6, 6.07) is 13.0. The summed E-state index contributed by atoms with van der Waals surface area (Å²) in [5.74, 6) is 0.611. The van der Waals surface area contributed by atoms with Gasteiger partial charge in [-0.25, -0.2) is 0 Å². The maximum absolute atomic E-state index is 12.4. The Labute approximate surface area is 185 Å². The van der Waals surface area contributed by atoms with Gasteiger partial charge in [-0.15, -0.1) is 13.2 Å². The van der Waals surface area contributed by atoms with Crippen LogP contribution >= 0.6 is 0 Å². The average molecular weight is 441 g/mol. The van der Waals surface area contributed by atoms with Gasteiger partial charge < -0.3 is 10.1 Å². The summed E-state index contributed by atoms with van der Waals surface area (Å²) in [5, 5.41) is 11.3. The highest BCUT2D eigenvalue weighted by molar-refractivity contribution is 5.81. The minimum Gasteiger partial charge on any atom is -0.406 e. The van der Waals surface area contributed by atoms with Gasteiger partial charge in [0.25, 0.3) is 0 Å². The van der Waals surface area contributed by atoms with E-state index >= 15 is 0 Å². The topological polar surface area (TPSA) is 49.9 Å². The Morgan fingerprint density at radius 2 is 1.81 bits per heavy atom. The van der Waals surface area contributed by atoms with Crippen molar-refractivity contribution in [2.45, 2.75) is 58.0 Å². The van der Waals surface area contributed by atoms with Crippen LogP contribution in [-0.4, -0.2) is 22.6 Å². The Bertz CT molecular complexity index is 1100. The van der Waals surface area contributed by atoms with Gasteiger partial charge in [-0.3, -0.25) is 5.10 Å². The fraction of sp³-hybridized carbons (Fsp3) is 0.400. The molecular weight excluding hydrogens is 415 g/mol. The first-order valence-electron chi connectivity index (χ1n) is 11.1. The normalized spacial score (nSPS) is 20.1. The highest BCUT2D eigenvalue weighted by Crippen LogP contribution is 2.40. The summed E-state index contributed by atoms with van der Waals surface area (Å²) < 4.78 is 41.2. The van der Waals surface area contributed by atoms with Crippen molar-refractivity contribution < 1.29 is 17.9 Å². The lowest BCUT2D eigenvalue weighted by Gasteiger charge is -2.27. The maximum atomic E-state index is 12.4. The number of aromatic nitrogens is 2. The summed E-state index contributed by atoms with van der Waals surface area (Å²) >= 11 is 0. The van der Waals surface area contributed by atoms with Crippen LogP contribution in [0, 0.1) is 5.92 Å². The largest absolute Gasteiger partial charge is 0.573 e. The molecule has 32 heavy (non-hydrogen) atoms. The third-order valence-electron chi connectivity index (χ3n) is 6.65. The van der Waals surface area contributed by atoms with E-state index in [1.54, 1.807) is 12.1 Å². The molecule has 7 heteroatoms. The Kier molecular flexibility index (Phi) is 5.45. The van der Waals surface area contributed by atoms with E-state index in [2.05, 4.69) is 45.4 Å². The van der Waals surface area contributed by atoms with Crippen molar-refractivity contribution in [1.29, 1.82) is 0 Å². The first-order valence-corrected chi connectivity index (χ1v) is 11.1. The van der Waals surface area contributed by atoms with Crippen molar-refractivity contribution in [2.24, 2.45) is 5.92 Å². The van der Waals surface area contributed by atoms with Crippen molar-refractivity contribution in [3.05, 3.63) is 59.2 Å². The zero-order valence-electron chi connectivity index (χ0n) is 17.9. The number of alkyl halides is 3. The van der Waals surface area contributed by atoms with Crippen LogP contribution < -0.4 is 10.1 Å². The second-order valence-electron chi connectivity index (χ2n) is 9.00. The quantitative estimate of drug-likeness (QED) is 0.387. The number of ether oxygens (including phenoxy) is 1. The molecule has 1 aromatic heterocycles. The number of benzene rings is 2. The number of nitrogens with one attached hydrogen (secondary N) is 2. The summed E-state index contributed by atoms with van der Waals surface area (Å²) in [6.07, 6.45) is 1.16. The molecule has 0 unspecified atom stereocenters. The Balaban J connectivity index is 1.29. The van der Waals surface area contributed by atoms with Crippen molar-refractivity contribution in [1.82, 2.24) is 15.5 Å². The fourth-order valence-electron chi connectivity index (χ4n) is 4.88. The zero-order chi connectivity index (χ0) is 22.3. The number of nitrogens with zero attached hydrogens (tertiary/aromatic N) is 1.